The average molecular weight is 232 g/mol. The summed E-state index contributed by atoms with van der Waals surface area (Å²) in [6.45, 7) is 3.61. The Morgan fingerprint density at radius 2 is 2.20 bits per heavy atom. The molecule has 1 rings (SSSR count). The van der Waals surface area contributed by atoms with Crippen molar-refractivity contribution in [1.82, 2.24) is 0 Å². The zero-order valence-corrected chi connectivity index (χ0v) is 10.2. The van der Waals surface area contributed by atoms with Crippen molar-refractivity contribution >= 4 is 17.7 Å². The first kappa shape index (κ1) is 12.8. The molecule has 0 aromatic carbocycles. The molecular weight excluding hydrogens is 212 g/mol. The van der Waals surface area contributed by atoms with E-state index in [1.54, 1.807) is 11.8 Å². The largest absolute Gasteiger partial charge is 0.479 e. The zero-order valence-electron chi connectivity index (χ0n) is 9.40. The SMILES string of the molecule is CC1CCCC(SCC(C)(O)C(=O)O)C1. The summed E-state index contributed by atoms with van der Waals surface area (Å²) < 4.78 is 0. The first-order valence-corrected chi connectivity index (χ1v) is 6.54. The lowest BCUT2D eigenvalue weighted by molar-refractivity contribution is -0.154. The van der Waals surface area contributed by atoms with Crippen LogP contribution in [0.5, 0.6) is 0 Å². The van der Waals surface area contributed by atoms with Gasteiger partial charge in [0, 0.05) is 11.0 Å². The number of rotatable bonds is 4. The molecule has 0 aromatic heterocycles. The summed E-state index contributed by atoms with van der Waals surface area (Å²) in [5.74, 6) is -0.0930. The van der Waals surface area contributed by atoms with Gasteiger partial charge in [0.25, 0.3) is 0 Å². The quantitative estimate of drug-likeness (QED) is 0.779. The van der Waals surface area contributed by atoms with E-state index in [1.807, 2.05) is 0 Å². The van der Waals surface area contributed by atoms with Crippen LogP contribution in [0, 0.1) is 5.92 Å². The summed E-state index contributed by atoms with van der Waals surface area (Å²) in [5.41, 5.74) is -1.58. The average Bonchev–Trinajstić information content (AvgIpc) is 2.15. The number of aliphatic carboxylic acids is 1. The maximum atomic E-state index is 10.7. The van der Waals surface area contributed by atoms with Crippen molar-refractivity contribution in [1.29, 1.82) is 0 Å². The lowest BCUT2D eigenvalue weighted by Crippen LogP contribution is -2.38. The monoisotopic (exact) mass is 232 g/mol. The van der Waals surface area contributed by atoms with Gasteiger partial charge in [-0.2, -0.15) is 11.8 Å². The predicted octanol–water partition coefficient (Wildman–Crippen LogP) is 2.13. The number of hydrogen-bond donors (Lipinski definition) is 2. The molecule has 3 unspecified atom stereocenters. The zero-order chi connectivity index (χ0) is 11.5. The highest BCUT2D eigenvalue weighted by atomic mass is 32.2. The molecule has 1 aliphatic rings. The van der Waals surface area contributed by atoms with Crippen molar-refractivity contribution in [2.75, 3.05) is 5.75 Å². The molecule has 0 saturated heterocycles. The van der Waals surface area contributed by atoms with Crippen LogP contribution in [0.1, 0.15) is 39.5 Å². The van der Waals surface area contributed by atoms with Gasteiger partial charge in [-0.3, -0.25) is 0 Å². The fraction of sp³-hybridized carbons (Fsp3) is 0.909. The Morgan fingerprint density at radius 1 is 1.53 bits per heavy atom. The second kappa shape index (κ2) is 5.21. The standard InChI is InChI=1S/C11H20O3S/c1-8-4-3-5-9(6-8)15-7-11(2,14)10(12)13/h8-9,14H,3-7H2,1-2H3,(H,12,13). The van der Waals surface area contributed by atoms with Gasteiger partial charge in [0.1, 0.15) is 0 Å². The van der Waals surface area contributed by atoms with Gasteiger partial charge < -0.3 is 10.2 Å². The highest BCUT2D eigenvalue weighted by Crippen LogP contribution is 2.33. The van der Waals surface area contributed by atoms with Crippen LogP contribution < -0.4 is 0 Å². The summed E-state index contributed by atoms with van der Waals surface area (Å²) in [5, 5.41) is 18.9. The van der Waals surface area contributed by atoms with E-state index in [0.29, 0.717) is 11.0 Å². The lowest BCUT2D eigenvalue weighted by Gasteiger charge is -2.28. The molecule has 0 radical (unpaired) electrons. The van der Waals surface area contributed by atoms with Gasteiger partial charge in [0.15, 0.2) is 5.60 Å². The molecule has 0 heterocycles. The van der Waals surface area contributed by atoms with Crippen LogP contribution in [0.25, 0.3) is 0 Å². The van der Waals surface area contributed by atoms with Crippen LogP contribution in [-0.4, -0.2) is 32.8 Å². The Hall–Kier alpha value is -0.220. The molecule has 1 saturated carbocycles. The maximum absolute atomic E-state index is 10.7. The number of carboxylic acid groups (broad SMARTS) is 1. The third-order valence-electron chi connectivity index (χ3n) is 2.95. The molecule has 0 amide bonds. The van der Waals surface area contributed by atoms with E-state index >= 15 is 0 Å². The normalized spacial score (nSPS) is 30.9. The molecule has 3 nitrogen and oxygen atoms in total. The minimum atomic E-state index is -1.58. The van der Waals surface area contributed by atoms with Crippen molar-refractivity contribution in [2.45, 2.75) is 50.4 Å². The minimum absolute atomic E-state index is 0.291. The molecule has 15 heavy (non-hydrogen) atoms. The van der Waals surface area contributed by atoms with Crippen LogP contribution in [-0.2, 0) is 4.79 Å². The summed E-state index contributed by atoms with van der Waals surface area (Å²) in [7, 11) is 0. The fourth-order valence-electron chi connectivity index (χ4n) is 1.87. The second-order valence-corrected chi connectivity index (χ2v) is 6.07. The van der Waals surface area contributed by atoms with Gasteiger partial charge in [-0.25, -0.2) is 4.79 Å². The molecular formula is C11H20O3S. The van der Waals surface area contributed by atoms with Crippen molar-refractivity contribution in [3.8, 4) is 0 Å². The Balaban J connectivity index is 2.33. The van der Waals surface area contributed by atoms with E-state index in [9.17, 15) is 9.90 Å². The van der Waals surface area contributed by atoms with Crippen LogP contribution in [0.4, 0.5) is 0 Å². The summed E-state index contributed by atoms with van der Waals surface area (Å²) >= 11 is 1.61. The van der Waals surface area contributed by atoms with Crippen LogP contribution in [0.2, 0.25) is 0 Å². The second-order valence-electron chi connectivity index (χ2n) is 4.78. The lowest BCUT2D eigenvalue weighted by atomic mass is 9.91. The summed E-state index contributed by atoms with van der Waals surface area (Å²) in [6.07, 6.45) is 4.82. The molecule has 3 atom stereocenters. The Bertz CT molecular complexity index is 228. The third kappa shape index (κ3) is 4.03. The van der Waals surface area contributed by atoms with E-state index in [2.05, 4.69) is 6.92 Å². The first-order chi connectivity index (χ1) is 6.92. The van der Waals surface area contributed by atoms with Crippen LogP contribution >= 0.6 is 11.8 Å². The number of thioether (sulfide) groups is 1. The molecule has 0 bridgehead atoms. The molecule has 4 heteroatoms. The molecule has 2 N–H and O–H groups in total. The van der Waals surface area contributed by atoms with Gasteiger partial charge in [0.05, 0.1) is 0 Å². The molecule has 0 aliphatic heterocycles. The van der Waals surface area contributed by atoms with Crippen LogP contribution in [0.3, 0.4) is 0 Å². The van der Waals surface area contributed by atoms with Crippen molar-refractivity contribution in [3.63, 3.8) is 0 Å². The number of hydrogen-bond acceptors (Lipinski definition) is 3. The Labute approximate surface area is 95.3 Å². The molecule has 1 aliphatic carbocycles. The third-order valence-corrected chi connectivity index (χ3v) is 4.58. The van der Waals surface area contributed by atoms with E-state index in [1.165, 1.54) is 19.8 Å². The first-order valence-electron chi connectivity index (χ1n) is 5.49. The van der Waals surface area contributed by atoms with Gasteiger partial charge in [-0.15, -0.1) is 0 Å². The summed E-state index contributed by atoms with van der Waals surface area (Å²) in [6, 6.07) is 0. The molecule has 0 spiro atoms. The highest BCUT2D eigenvalue weighted by Gasteiger charge is 2.31. The summed E-state index contributed by atoms with van der Waals surface area (Å²) in [4.78, 5) is 10.7. The predicted molar refractivity (Wildman–Crippen MR) is 62.1 cm³/mol. The van der Waals surface area contributed by atoms with E-state index in [-0.39, 0.29) is 0 Å². The smallest absolute Gasteiger partial charge is 0.336 e. The number of carbonyl (C=O) groups is 1. The van der Waals surface area contributed by atoms with Crippen LogP contribution in [0.15, 0.2) is 0 Å². The minimum Gasteiger partial charge on any atom is -0.479 e. The van der Waals surface area contributed by atoms with E-state index < -0.39 is 11.6 Å². The molecule has 88 valence electrons. The molecule has 1 fully saturated rings. The highest BCUT2D eigenvalue weighted by molar-refractivity contribution is 8.00. The van der Waals surface area contributed by atoms with Gasteiger partial charge in [-0.05, 0) is 25.7 Å². The number of aliphatic hydroxyl groups is 1. The van der Waals surface area contributed by atoms with Crippen molar-refractivity contribution < 1.29 is 15.0 Å². The Morgan fingerprint density at radius 3 is 2.73 bits per heavy atom. The topological polar surface area (TPSA) is 57.5 Å². The van der Waals surface area contributed by atoms with Crippen molar-refractivity contribution in [2.24, 2.45) is 5.92 Å². The van der Waals surface area contributed by atoms with E-state index in [4.69, 9.17) is 5.11 Å². The van der Waals surface area contributed by atoms with Gasteiger partial charge in [-0.1, -0.05) is 19.8 Å². The molecule has 0 aromatic rings. The maximum Gasteiger partial charge on any atom is 0.336 e. The van der Waals surface area contributed by atoms with Gasteiger partial charge in [0.2, 0.25) is 0 Å². The fourth-order valence-corrected chi connectivity index (χ4v) is 3.35. The Kier molecular flexibility index (Phi) is 4.46. The van der Waals surface area contributed by atoms with Gasteiger partial charge >= 0.3 is 5.97 Å². The van der Waals surface area contributed by atoms with Crippen molar-refractivity contribution in [3.05, 3.63) is 0 Å². The van der Waals surface area contributed by atoms with E-state index in [0.717, 1.165) is 18.8 Å². The number of carboxylic acids is 1.